The predicted octanol–water partition coefficient (Wildman–Crippen LogP) is 0.396. The largest absolute Gasteiger partial charge is 0.324 e. The van der Waals surface area contributed by atoms with Crippen LogP contribution in [-0.2, 0) is 13.5 Å². The fourth-order valence-electron chi connectivity index (χ4n) is 1.93. The van der Waals surface area contributed by atoms with E-state index in [2.05, 4.69) is 25.4 Å². The summed E-state index contributed by atoms with van der Waals surface area (Å²) in [6, 6.07) is 5.64. The first kappa shape index (κ1) is 11.7. The zero-order valence-corrected chi connectivity index (χ0v) is 10.4. The average Bonchev–Trinajstić information content (AvgIpc) is 2.83. The molecular weight excluding hydrogens is 242 g/mol. The lowest BCUT2D eigenvalue weighted by molar-refractivity contribution is 0.622. The van der Waals surface area contributed by atoms with Crippen molar-refractivity contribution in [3.05, 3.63) is 42.0 Å². The van der Waals surface area contributed by atoms with E-state index in [9.17, 15) is 0 Å². The van der Waals surface area contributed by atoms with Crippen LogP contribution in [0.15, 0.2) is 30.6 Å². The summed E-state index contributed by atoms with van der Waals surface area (Å²) in [5.74, 6) is 0.634. The first-order valence-electron chi connectivity index (χ1n) is 5.91. The van der Waals surface area contributed by atoms with Crippen LogP contribution in [0, 0.1) is 0 Å². The molecule has 0 bridgehead atoms. The quantitative estimate of drug-likeness (QED) is 0.727. The Balaban J connectivity index is 1.86. The fourth-order valence-corrected chi connectivity index (χ4v) is 1.93. The van der Waals surface area contributed by atoms with Crippen LogP contribution in [0.1, 0.15) is 17.4 Å². The molecule has 3 rings (SSSR count). The van der Waals surface area contributed by atoms with Gasteiger partial charge in [0.1, 0.15) is 0 Å². The summed E-state index contributed by atoms with van der Waals surface area (Å²) in [6.45, 7) is 0. The molecule has 0 aliphatic rings. The summed E-state index contributed by atoms with van der Waals surface area (Å²) in [6.07, 6.45) is 3.88. The predicted molar refractivity (Wildman–Crippen MR) is 69.0 cm³/mol. The molecule has 2 aromatic heterocycles. The van der Waals surface area contributed by atoms with Crippen LogP contribution >= 0.6 is 0 Å². The molecule has 3 aromatic rings. The maximum atomic E-state index is 6.16. The van der Waals surface area contributed by atoms with Crippen LogP contribution < -0.4 is 5.73 Å². The zero-order valence-electron chi connectivity index (χ0n) is 10.4. The van der Waals surface area contributed by atoms with Crippen molar-refractivity contribution in [3.63, 3.8) is 0 Å². The number of hydrogen-bond acceptors (Lipinski definition) is 6. The number of nitrogens with two attached hydrogens (primary N) is 1. The molecular formula is C12H13N7. The van der Waals surface area contributed by atoms with E-state index >= 15 is 0 Å². The molecule has 1 unspecified atom stereocenters. The Bertz CT molecular complexity index is 706. The Morgan fingerprint density at radius 2 is 2.00 bits per heavy atom. The second kappa shape index (κ2) is 4.69. The van der Waals surface area contributed by atoms with E-state index < -0.39 is 0 Å². The fraction of sp³-hybridized carbons (Fsp3) is 0.250. The van der Waals surface area contributed by atoms with Gasteiger partial charge in [-0.1, -0.05) is 6.07 Å². The van der Waals surface area contributed by atoms with Gasteiger partial charge in [0.25, 0.3) is 0 Å². The van der Waals surface area contributed by atoms with Crippen LogP contribution in [0.2, 0.25) is 0 Å². The SMILES string of the molecule is Cn1nnc(CC(N)c2ccc3nccnc3c2)n1. The highest BCUT2D eigenvalue weighted by Gasteiger charge is 2.11. The lowest BCUT2D eigenvalue weighted by atomic mass is 10.0. The third-order valence-corrected chi connectivity index (χ3v) is 2.87. The molecule has 0 amide bonds. The van der Waals surface area contributed by atoms with E-state index in [1.165, 1.54) is 4.80 Å². The third kappa shape index (κ3) is 2.41. The topological polar surface area (TPSA) is 95.4 Å². The van der Waals surface area contributed by atoms with E-state index in [4.69, 9.17) is 5.73 Å². The summed E-state index contributed by atoms with van der Waals surface area (Å²) in [7, 11) is 1.73. The molecule has 1 aromatic carbocycles. The maximum Gasteiger partial charge on any atom is 0.176 e. The van der Waals surface area contributed by atoms with Crippen molar-refractivity contribution in [3.8, 4) is 0 Å². The highest BCUT2D eigenvalue weighted by Crippen LogP contribution is 2.18. The van der Waals surface area contributed by atoms with Crippen LogP contribution in [0.5, 0.6) is 0 Å². The van der Waals surface area contributed by atoms with Gasteiger partial charge < -0.3 is 5.73 Å². The first-order chi connectivity index (χ1) is 9.22. The van der Waals surface area contributed by atoms with Crippen molar-refractivity contribution in [2.45, 2.75) is 12.5 Å². The van der Waals surface area contributed by atoms with E-state index in [0.29, 0.717) is 12.2 Å². The molecule has 0 spiro atoms. The molecule has 7 nitrogen and oxygen atoms in total. The number of fused-ring (bicyclic) bond motifs is 1. The number of benzene rings is 1. The van der Waals surface area contributed by atoms with Crippen molar-refractivity contribution in [1.29, 1.82) is 0 Å². The Labute approximate surface area is 109 Å². The van der Waals surface area contributed by atoms with E-state index in [1.54, 1.807) is 19.4 Å². The molecule has 0 radical (unpaired) electrons. The van der Waals surface area contributed by atoms with Gasteiger partial charge in [0.15, 0.2) is 5.82 Å². The van der Waals surface area contributed by atoms with Crippen LogP contribution in [0.4, 0.5) is 0 Å². The van der Waals surface area contributed by atoms with E-state index in [1.807, 2.05) is 18.2 Å². The van der Waals surface area contributed by atoms with Crippen molar-refractivity contribution in [2.24, 2.45) is 12.8 Å². The molecule has 19 heavy (non-hydrogen) atoms. The molecule has 0 fully saturated rings. The normalized spacial score (nSPS) is 12.7. The number of tetrazole rings is 1. The van der Waals surface area contributed by atoms with Crippen molar-refractivity contribution < 1.29 is 0 Å². The highest BCUT2D eigenvalue weighted by atomic mass is 15.6. The Kier molecular flexibility index (Phi) is 2.88. The molecule has 0 aliphatic heterocycles. The smallest absolute Gasteiger partial charge is 0.176 e. The van der Waals surface area contributed by atoms with Gasteiger partial charge in [-0.25, -0.2) is 0 Å². The molecule has 0 saturated carbocycles. The number of rotatable bonds is 3. The first-order valence-corrected chi connectivity index (χ1v) is 5.91. The van der Waals surface area contributed by atoms with E-state index in [0.717, 1.165) is 16.6 Å². The lowest BCUT2D eigenvalue weighted by Gasteiger charge is -2.10. The summed E-state index contributed by atoms with van der Waals surface area (Å²) >= 11 is 0. The Morgan fingerprint density at radius 3 is 2.74 bits per heavy atom. The third-order valence-electron chi connectivity index (χ3n) is 2.87. The van der Waals surface area contributed by atoms with Crippen LogP contribution in [-0.4, -0.2) is 30.2 Å². The van der Waals surface area contributed by atoms with Crippen LogP contribution in [0.25, 0.3) is 11.0 Å². The summed E-state index contributed by atoms with van der Waals surface area (Å²) < 4.78 is 0. The monoisotopic (exact) mass is 255 g/mol. The summed E-state index contributed by atoms with van der Waals surface area (Å²) in [5.41, 5.74) is 8.84. The van der Waals surface area contributed by atoms with Gasteiger partial charge in [0.2, 0.25) is 0 Å². The Morgan fingerprint density at radius 1 is 1.21 bits per heavy atom. The zero-order chi connectivity index (χ0) is 13.2. The minimum absolute atomic E-state index is 0.185. The van der Waals surface area contributed by atoms with Crippen molar-refractivity contribution >= 4 is 11.0 Å². The average molecular weight is 255 g/mol. The van der Waals surface area contributed by atoms with Gasteiger partial charge in [0, 0.05) is 24.9 Å². The highest BCUT2D eigenvalue weighted by molar-refractivity contribution is 5.74. The maximum absolute atomic E-state index is 6.16. The van der Waals surface area contributed by atoms with Gasteiger partial charge in [-0.05, 0) is 22.9 Å². The van der Waals surface area contributed by atoms with Gasteiger partial charge in [0.05, 0.1) is 18.1 Å². The standard InChI is InChI=1S/C12H13N7/c1-19-17-12(16-18-19)7-9(13)8-2-3-10-11(6-8)15-5-4-14-10/h2-6,9H,7,13H2,1H3. The lowest BCUT2D eigenvalue weighted by Crippen LogP contribution is -2.14. The van der Waals surface area contributed by atoms with Crippen molar-refractivity contribution in [1.82, 2.24) is 30.2 Å². The molecule has 2 heterocycles. The van der Waals surface area contributed by atoms with Gasteiger partial charge in [-0.15, -0.1) is 10.2 Å². The second-order valence-corrected chi connectivity index (χ2v) is 4.31. The second-order valence-electron chi connectivity index (χ2n) is 4.31. The molecule has 96 valence electrons. The number of aryl methyl sites for hydroxylation is 1. The van der Waals surface area contributed by atoms with E-state index in [-0.39, 0.29) is 6.04 Å². The van der Waals surface area contributed by atoms with Crippen LogP contribution in [0.3, 0.4) is 0 Å². The van der Waals surface area contributed by atoms with Crippen molar-refractivity contribution in [2.75, 3.05) is 0 Å². The Hall–Kier alpha value is -2.41. The molecule has 1 atom stereocenters. The molecule has 0 saturated heterocycles. The van der Waals surface area contributed by atoms with Gasteiger partial charge in [-0.3, -0.25) is 9.97 Å². The minimum Gasteiger partial charge on any atom is -0.324 e. The number of hydrogen-bond donors (Lipinski definition) is 1. The minimum atomic E-state index is -0.185. The van der Waals surface area contributed by atoms with Gasteiger partial charge in [-0.2, -0.15) is 4.80 Å². The number of aromatic nitrogens is 6. The summed E-state index contributed by atoms with van der Waals surface area (Å²) in [4.78, 5) is 9.92. The molecule has 2 N–H and O–H groups in total. The van der Waals surface area contributed by atoms with Gasteiger partial charge >= 0.3 is 0 Å². The number of nitrogens with zero attached hydrogens (tertiary/aromatic N) is 6. The summed E-state index contributed by atoms with van der Waals surface area (Å²) in [5, 5.41) is 11.9. The molecule has 0 aliphatic carbocycles. The molecule has 7 heteroatoms.